The lowest BCUT2D eigenvalue weighted by Gasteiger charge is -2.30. The number of likely N-dealkylation sites (tertiary alicyclic amines) is 1. The summed E-state index contributed by atoms with van der Waals surface area (Å²) >= 11 is 1.33. The first-order valence-corrected chi connectivity index (χ1v) is 8.64. The maximum atomic E-state index is 12.1. The fourth-order valence-electron chi connectivity index (χ4n) is 2.86. The lowest BCUT2D eigenvalue weighted by atomic mass is 9.96. The van der Waals surface area contributed by atoms with Gasteiger partial charge >= 0.3 is 0 Å². The van der Waals surface area contributed by atoms with Gasteiger partial charge < -0.3 is 9.30 Å². The number of piperidine rings is 1. The van der Waals surface area contributed by atoms with Crippen LogP contribution in [0.2, 0.25) is 0 Å². The summed E-state index contributed by atoms with van der Waals surface area (Å²) in [4.78, 5) is 14.3. The van der Waals surface area contributed by atoms with Crippen LogP contribution in [0.1, 0.15) is 29.6 Å². The van der Waals surface area contributed by atoms with Crippen molar-refractivity contribution in [1.29, 1.82) is 0 Å². The fraction of sp³-hybridized carbons (Fsp3) is 0.643. The number of aryl methyl sites for hydroxylation is 1. The number of hydrogen-bond acceptors (Lipinski definition) is 8. The van der Waals surface area contributed by atoms with Gasteiger partial charge in [-0.15, -0.1) is 20.4 Å². The largest absolute Gasteiger partial charge is 0.377 e. The molecule has 0 aromatic carbocycles. The SMILES string of the molecule is COCc1nnc(NC(=O)CN2CCC(c3nncn3C)CC2)s1. The molecule has 1 fully saturated rings. The lowest BCUT2D eigenvalue weighted by molar-refractivity contribution is -0.117. The second-order valence-corrected chi connectivity index (χ2v) is 6.89. The van der Waals surface area contributed by atoms with Crippen molar-refractivity contribution in [2.75, 3.05) is 32.1 Å². The monoisotopic (exact) mass is 351 g/mol. The molecule has 3 rings (SSSR count). The second kappa shape index (κ2) is 7.77. The van der Waals surface area contributed by atoms with Crippen LogP contribution >= 0.6 is 11.3 Å². The summed E-state index contributed by atoms with van der Waals surface area (Å²) in [6.45, 7) is 2.51. The first-order valence-electron chi connectivity index (χ1n) is 7.83. The number of carbonyl (C=O) groups excluding carboxylic acids is 1. The standard InChI is InChI=1S/C14H21N7O2S/c1-20-9-15-18-13(20)10-3-5-21(6-4-10)7-11(22)16-14-19-17-12(24-14)8-23-2/h9-10H,3-8H2,1-2H3,(H,16,19,22). The van der Waals surface area contributed by atoms with Gasteiger partial charge in [-0.2, -0.15) is 0 Å². The number of methoxy groups -OCH3 is 1. The Hall–Kier alpha value is -1.91. The molecule has 130 valence electrons. The van der Waals surface area contributed by atoms with Gasteiger partial charge in [-0.1, -0.05) is 11.3 Å². The van der Waals surface area contributed by atoms with Gasteiger partial charge in [-0.25, -0.2) is 0 Å². The molecule has 0 bridgehead atoms. The van der Waals surface area contributed by atoms with Gasteiger partial charge in [0, 0.05) is 20.1 Å². The molecule has 0 saturated carbocycles. The predicted octanol–water partition coefficient (Wildman–Crippen LogP) is 0.631. The van der Waals surface area contributed by atoms with Crippen LogP contribution in [0.25, 0.3) is 0 Å². The fourth-order valence-corrected chi connectivity index (χ4v) is 3.59. The Kier molecular flexibility index (Phi) is 5.48. The molecule has 3 heterocycles. The molecule has 0 unspecified atom stereocenters. The summed E-state index contributed by atoms with van der Waals surface area (Å²) in [5.41, 5.74) is 0. The van der Waals surface area contributed by atoms with E-state index in [1.807, 2.05) is 11.6 Å². The Morgan fingerprint density at radius 1 is 1.38 bits per heavy atom. The first-order chi connectivity index (χ1) is 11.7. The average molecular weight is 351 g/mol. The van der Waals surface area contributed by atoms with Crippen molar-refractivity contribution in [2.24, 2.45) is 7.05 Å². The van der Waals surface area contributed by atoms with Crippen molar-refractivity contribution in [3.63, 3.8) is 0 Å². The minimum atomic E-state index is -0.0628. The van der Waals surface area contributed by atoms with Crippen LogP contribution in [0.4, 0.5) is 5.13 Å². The van der Waals surface area contributed by atoms with Gasteiger partial charge in [0.1, 0.15) is 23.8 Å². The molecular formula is C14H21N7O2S. The molecule has 0 atom stereocenters. The third-order valence-corrected chi connectivity index (χ3v) is 4.86. The van der Waals surface area contributed by atoms with Gasteiger partial charge in [0.05, 0.1) is 6.54 Å². The predicted molar refractivity (Wildman–Crippen MR) is 88.7 cm³/mol. The van der Waals surface area contributed by atoms with Crippen molar-refractivity contribution >= 4 is 22.4 Å². The summed E-state index contributed by atoms with van der Waals surface area (Å²) < 4.78 is 6.96. The van der Waals surface area contributed by atoms with E-state index >= 15 is 0 Å². The molecule has 2 aromatic heterocycles. The van der Waals surface area contributed by atoms with E-state index in [1.54, 1.807) is 13.4 Å². The van der Waals surface area contributed by atoms with Crippen molar-refractivity contribution in [1.82, 2.24) is 29.9 Å². The molecule has 0 radical (unpaired) electrons. The first kappa shape index (κ1) is 16.9. The Morgan fingerprint density at radius 2 is 2.17 bits per heavy atom. The highest BCUT2D eigenvalue weighted by atomic mass is 32.1. The molecule has 0 aliphatic carbocycles. The maximum Gasteiger partial charge on any atom is 0.240 e. The smallest absolute Gasteiger partial charge is 0.240 e. The number of nitrogens with one attached hydrogen (secondary N) is 1. The third kappa shape index (κ3) is 4.13. The zero-order valence-electron chi connectivity index (χ0n) is 13.8. The van der Waals surface area contributed by atoms with Crippen LogP contribution in [0.5, 0.6) is 0 Å². The number of nitrogens with zero attached hydrogens (tertiary/aromatic N) is 6. The van der Waals surface area contributed by atoms with E-state index in [-0.39, 0.29) is 5.91 Å². The normalized spacial score (nSPS) is 16.4. The number of amides is 1. The highest BCUT2D eigenvalue weighted by molar-refractivity contribution is 7.15. The van der Waals surface area contributed by atoms with Crippen LogP contribution in [0, 0.1) is 0 Å². The molecule has 1 aliphatic heterocycles. The summed E-state index contributed by atoms with van der Waals surface area (Å²) in [5, 5.41) is 20.1. The van der Waals surface area contributed by atoms with Crippen LogP contribution < -0.4 is 5.32 Å². The minimum Gasteiger partial charge on any atom is -0.377 e. The summed E-state index contributed by atoms with van der Waals surface area (Å²) in [6, 6.07) is 0. The third-order valence-electron chi connectivity index (χ3n) is 4.05. The molecule has 9 nitrogen and oxygen atoms in total. The lowest BCUT2D eigenvalue weighted by Crippen LogP contribution is -2.39. The Balaban J connectivity index is 1.45. The molecule has 2 aromatic rings. The number of ether oxygens (including phenoxy) is 1. The zero-order chi connectivity index (χ0) is 16.9. The molecule has 1 saturated heterocycles. The van der Waals surface area contributed by atoms with Crippen molar-refractivity contribution in [3.8, 4) is 0 Å². The molecule has 1 aliphatic rings. The van der Waals surface area contributed by atoms with Gasteiger partial charge in [-0.05, 0) is 25.9 Å². The molecule has 1 amide bonds. The summed E-state index contributed by atoms with van der Waals surface area (Å²) in [5.74, 6) is 1.38. The van der Waals surface area contributed by atoms with Crippen LogP contribution in [0.15, 0.2) is 6.33 Å². The van der Waals surface area contributed by atoms with E-state index in [4.69, 9.17) is 4.74 Å². The summed E-state index contributed by atoms with van der Waals surface area (Å²) in [7, 11) is 3.57. The highest BCUT2D eigenvalue weighted by Crippen LogP contribution is 2.26. The summed E-state index contributed by atoms with van der Waals surface area (Å²) in [6.07, 6.45) is 3.70. The Morgan fingerprint density at radius 3 is 2.83 bits per heavy atom. The van der Waals surface area contributed by atoms with Crippen molar-refractivity contribution in [3.05, 3.63) is 17.2 Å². The van der Waals surface area contributed by atoms with E-state index in [1.165, 1.54) is 11.3 Å². The molecule has 1 N–H and O–H groups in total. The zero-order valence-corrected chi connectivity index (χ0v) is 14.6. The van der Waals surface area contributed by atoms with Gasteiger partial charge in [0.15, 0.2) is 0 Å². The minimum absolute atomic E-state index is 0.0628. The molecule has 10 heteroatoms. The maximum absolute atomic E-state index is 12.1. The average Bonchev–Trinajstić information content (AvgIpc) is 3.18. The quantitative estimate of drug-likeness (QED) is 0.815. The van der Waals surface area contributed by atoms with E-state index in [9.17, 15) is 4.79 Å². The van der Waals surface area contributed by atoms with E-state index in [0.29, 0.717) is 24.2 Å². The van der Waals surface area contributed by atoms with Crippen LogP contribution in [-0.4, -0.2) is 62.5 Å². The van der Waals surface area contributed by atoms with Crippen LogP contribution in [-0.2, 0) is 23.2 Å². The Labute approximate surface area is 144 Å². The number of aromatic nitrogens is 5. The number of anilines is 1. The van der Waals surface area contributed by atoms with E-state index in [0.717, 1.165) is 36.8 Å². The number of hydrogen-bond donors (Lipinski definition) is 1. The topological polar surface area (TPSA) is 98.1 Å². The van der Waals surface area contributed by atoms with Crippen molar-refractivity contribution in [2.45, 2.75) is 25.4 Å². The van der Waals surface area contributed by atoms with Crippen molar-refractivity contribution < 1.29 is 9.53 Å². The molecule has 0 spiro atoms. The van der Waals surface area contributed by atoms with Crippen LogP contribution in [0.3, 0.4) is 0 Å². The molecular weight excluding hydrogens is 330 g/mol. The van der Waals surface area contributed by atoms with E-state index in [2.05, 4.69) is 30.6 Å². The Bertz CT molecular complexity index is 678. The van der Waals surface area contributed by atoms with Gasteiger partial charge in [-0.3, -0.25) is 15.0 Å². The number of carbonyl (C=O) groups is 1. The van der Waals surface area contributed by atoms with E-state index < -0.39 is 0 Å². The highest BCUT2D eigenvalue weighted by Gasteiger charge is 2.25. The molecule has 24 heavy (non-hydrogen) atoms. The van der Waals surface area contributed by atoms with Gasteiger partial charge in [0.2, 0.25) is 11.0 Å². The van der Waals surface area contributed by atoms with Gasteiger partial charge in [0.25, 0.3) is 0 Å². The number of rotatable bonds is 6. The second-order valence-electron chi connectivity index (χ2n) is 5.83.